The van der Waals surface area contributed by atoms with Gasteiger partial charge in [0.15, 0.2) is 0 Å². The molecule has 0 aromatic heterocycles. The van der Waals surface area contributed by atoms with Crippen molar-refractivity contribution in [2.45, 2.75) is 13.8 Å². The molecule has 0 heterocycles. The van der Waals surface area contributed by atoms with Crippen LogP contribution in [0.5, 0.6) is 0 Å². The molecule has 39 valence electrons. The van der Waals surface area contributed by atoms with E-state index in [0.29, 0.717) is 0 Å². The molecule has 0 unspecified atom stereocenters. The summed E-state index contributed by atoms with van der Waals surface area (Å²) in [6.45, 7) is 11.8. The second kappa shape index (κ2) is 3.32. The summed E-state index contributed by atoms with van der Waals surface area (Å²) >= 11 is -0.194. The van der Waals surface area contributed by atoms with Crippen LogP contribution in [0.1, 0.15) is 13.8 Å². The van der Waals surface area contributed by atoms with Gasteiger partial charge in [0, 0.05) is 0 Å². The number of allylic oxidation sites excluding steroid dienone is 2. The fourth-order valence-corrected chi connectivity index (χ4v) is 2.19. The monoisotopic (exact) mass is 203 g/mol. The van der Waals surface area contributed by atoms with Crippen LogP contribution in [0.25, 0.3) is 0 Å². The summed E-state index contributed by atoms with van der Waals surface area (Å²) in [6, 6.07) is 0. The molecule has 0 aromatic carbocycles. The molecular weight excluding hydrogens is 194 g/mol. The zero-order valence-corrected chi connectivity index (χ0v) is 7.41. The molecule has 7 heavy (non-hydrogen) atoms. The molecule has 0 aliphatic heterocycles. The van der Waals surface area contributed by atoms with E-state index in [4.69, 9.17) is 0 Å². The van der Waals surface area contributed by atoms with Crippen LogP contribution in [0.2, 0.25) is 0 Å². The van der Waals surface area contributed by atoms with Crippen LogP contribution < -0.4 is 0 Å². The van der Waals surface area contributed by atoms with Crippen molar-refractivity contribution in [1.82, 2.24) is 0 Å². The summed E-state index contributed by atoms with van der Waals surface area (Å²) in [5, 5.41) is 0. The van der Waals surface area contributed by atoms with Crippen molar-refractivity contribution in [3.63, 3.8) is 0 Å². The van der Waals surface area contributed by atoms with Gasteiger partial charge >= 0.3 is 55.7 Å². The summed E-state index contributed by atoms with van der Waals surface area (Å²) in [6.07, 6.45) is 0. The minimum absolute atomic E-state index is 0.194. The molecule has 0 aromatic rings. The average molecular weight is 204 g/mol. The van der Waals surface area contributed by atoms with Gasteiger partial charge in [-0.25, -0.2) is 0 Å². The zero-order valence-electron chi connectivity index (χ0n) is 4.86. The van der Waals surface area contributed by atoms with E-state index >= 15 is 0 Å². The van der Waals surface area contributed by atoms with Crippen molar-refractivity contribution < 1.29 is 0 Å². The number of hydrogen-bond acceptors (Lipinski definition) is 0. The van der Waals surface area contributed by atoms with Gasteiger partial charge < -0.3 is 0 Å². The van der Waals surface area contributed by atoms with Crippen LogP contribution in [0.3, 0.4) is 0 Å². The van der Waals surface area contributed by atoms with Gasteiger partial charge in [-0.15, -0.1) is 0 Å². The van der Waals surface area contributed by atoms with Gasteiger partial charge in [0.2, 0.25) is 0 Å². The second-order valence-electron chi connectivity index (χ2n) is 1.58. The van der Waals surface area contributed by atoms with E-state index in [1.807, 2.05) is 0 Å². The molecule has 1 heteroatoms. The average Bonchev–Trinajstić information content (AvgIpc) is 1.27. The third-order valence-electron chi connectivity index (χ3n) is 0.382. The molecule has 0 fully saturated rings. The number of hydrogen-bond donors (Lipinski definition) is 0. The molecule has 0 rings (SSSR count). The Morgan fingerprint density at radius 3 is 1.43 bits per heavy atom. The molecule has 0 spiro atoms. The van der Waals surface area contributed by atoms with E-state index in [1.54, 1.807) is 0 Å². The Bertz CT molecular complexity index is 80.4. The van der Waals surface area contributed by atoms with Gasteiger partial charge in [0.1, 0.15) is 0 Å². The number of rotatable bonds is 2. The Labute approximate surface area is 55.8 Å². The van der Waals surface area contributed by atoms with Crippen molar-refractivity contribution in [3.05, 3.63) is 20.2 Å². The van der Waals surface area contributed by atoms with Gasteiger partial charge in [0.05, 0.1) is 0 Å². The fraction of sp³-hybridized carbons (Fsp3) is 0.333. The predicted octanol–water partition coefficient (Wildman–Crippen LogP) is 1.76. The van der Waals surface area contributed by atoms with Crippen molar-refractivity contribution in [2.75, 3.05) is 0 Å². The van der Waals surface area contributed by atoms with Crippen molar-refractivity contribution in [2.24, 2.45) is 0 Å². The molecular formula is C6H10Sb. The van der Waals surface area contributed by atoms with Gasteiger partial charge in [-0.2, -0.15) is 0 Å². The Balaban J connectivity index is 3.32. The predicted molar refractivity (Wildman–Crippen MR) is 35.4 cm³/mol. The molecule has 0 saturated carbocycles. The first-order valence-corrected chi connectivity index (χ1v) is 4.71. The van der Waals surface area contributed by atoms with E-state index in [-0.39, 0.29) is 21.6 Å². The van der Waals surface area contributed by atoms with E-state index in [2.05, 4.69) is 27.0 Å². The van der Waals surface area contributed by atoms with Crippen LogP contribution in [-0.2, 0) is 0 Å². The van der Waals surface area contributed by atoms with Gasteiger partial charge in [-0.1, -0.05) is 0 Å². The summed E-state index contributed by atoms with van der Waals surface area (Å²) in [5.41, 5.74) is 0. The first-order chi connectivity index (χ1) is 3.13. The summed E-state index contributed by atoms with van der Waals surface area (Å²) < 4.78 is 2.68. The van der Waals surface area contributed by atoms with Crippen molar-refractivity contribution in [1.29, 1.82) is 0 Å². The van der Waals surface area contributed by atoms with E-state index in [1.165, 1.54) is 7.04 Å². The molecule has 0 aliphatic rings. The van der Waals surface area contributed by atoms with Crippen LogP contribution in [0.4, 0.5) is 0 Å². The molecule has 0 amide bonds. The first kappa shape index (κ1) is 7.30. The molecule has 0 bridgehead atoms. The maximum atomic E-state index is 3.80. The van der Waals surface area contributed by atoms with Crippen LogP contribution in [0, 0.1) is 0 Å². The zero-order chi connectivity index (χ0) is 5.86. The van der Waals surface area contributed by atoms with Crippen LogP contribution in [-0.4, -0.2) is 21.6 Å². The minimum atomic E-state index is -0.194. The maximum absolute atomic E-state index is 3.80. The molecule has 0 N–H and O–H groups in total. The third-order valence-corrected chi connectivity index (χ3v) is 2.56. The van der Waals surface area contributed by atoms with Gasteiger partial charge in [-0.3, -0.25) is 0 Å². The summed E-state index contributed by atoms with van der Waals surface area (Å²) in [7, 11) is 0. The molecule has 0 aliphatic carbocycles. The summed E-state index contributed by atoms with van der Waals surface area (Å²) in [5.74, 6) is 0. The normalized spacial score (nSPS) is 8.29. The van der Waals surface area contributed by atoms with Crippen LogP contribution in [0.15, 0.2) is 20.2 Å². The first-order valence-electron chi connectivity index (χ1n) is 2.15. The molecule has 0 nitrogen and oxygen atoms in total. The molecule has 0 atom stereocenters. The quantitative estimate of drug-likeness (QED) is 0.601. The Kier molecular flexibility index (Phi) is 3.46. The van der Waals surface area contributed by atoms with E-state index in [9.17, 15) is 0 Å². The van der Waals surface area contributed by atoms with E-state index < -0.39 is 0 Å². The van der Waals surface area contributed by atoms with Crippen LogP contribution >= 0.6 is 0 Å². The second-order valence-corrected chi connectivity index (χ2v) is 6.58. The Morgan fingerprint density at radius 2 is 1.43 bits per heavy atom. The SMILES string of the molecule is C=[C](C)[Sb][C](=C)C. The van der Waals surface area contributed by atoms with Gasteiger partial charge in [0.25, 0.3) is 0 Å². The van der Waals surface area contributed by atoms with Crippen molar-refractivity contribution in [3.8, 4) is 0 Å². The third kappa shape index (κ3) is 6.30. The van der Waals surface area contributed by atoms with Crippen molar-refractivity contribution >= 4 is 21.6 Å². The Morgan fingerprint density at radius 1 is 1.14 bits per heavy atom. The molecule has 1 radical (unpaired) electrons. The topological polar surface area (TPSA) is 0 Å². The standard InChI is InChI=1S/2C3H5.Sb/c2*1-3-2;/h2*1H2,2H3;. The van der Waals surface area contributed by atoms with E-state index in [0.717, 1.165) is 0 Å². The van der Waals surface area contributed by atoms with Gasteiger partial charge in [-0.05, 0) is 0 Å². The Hall–Kier alpha value is 0.298. The molecule has 0 saturated heterocycles. The fourth-order valence-electron chi connectivity index (χ4n) is 0.326. The summed E-state index contributed by atoms with van der Waals surface area (Å²) in [4.78, 5) is 0.